The number of anilines is 1. The predicted octanol–water partition coefficient (Wildman–Crippen LogP) is 4.23. The number of carbonyl (C=O) groups is 1. The van der Waals surface area contributed by atoms with Gasteiger partial charge in [0.1, 0.15) is 0 Å². The van der Waals surface area contributed by atoms with E-state index in [1.165, 1.54) is 36.0 Å². The van der Waals surface area contributed by atoms with Crippen LogP contribution in [0.2, 0.25) is 0 Å². The van der Waals surface area contributed by atoms with Crippen molar-refractivity contribution in [3.05, 3.63) is 52.7 Å². The van der Waals surface area contributed by atoms with Crippen molar-refractivity contribution >= 4 is 33.3 Å². The zero-order valence-corrected chi connectivity index (χ0v) is 19.5. The summed E-state index contributed by atoms with van der Waals surface area (Å²) >= 11 is 1.52. The first-order chi connectivity index (χ1) is 15.6. The smallest absolute Gasteiger partial charge is 0.259 e. The third kappa shape index (κ3) is 4.36. The lowest BCUT2D eigenvalue weighted by Gasteiger charge is -2.30. The van der Waals surface area contributed by atoms with Gasteiger partial charge < -0.3 is 10.6 Å². The molecule has 0 spiro atoms. The highest BCUT2D eigenvalue weighted by Gasteiger charge is 2.28. The molecule has 0 bridgehead atoms. The topological polar surface area (TPSA) is 75.3 Å². The summed E-state index contributed by atoms with van der Waals surface area (Å²) in [6.45, 7) is 6.32. The molecule has 0 saturated carbocycles. The van der Waals surface area contributed by atoms with E-state index in [0.717, 1.165) is 66.7 Å². The average Bonchev–Trinajstić information content (AvgIpc) is 3.40. The molecule has 0 unspecified atom stereocenters. The van der Waals surface area contributed by atoms with E-state index in [9.17, 15) is 4.79 Å². The lowest BCUT2D eigenvalue weighted by Crippen LogP contribution is -2.34. The molecule has 7 heteroatoms. The van der Waals surface area contributed by atoms with Crippen LogP contribution in [0, 0.1) is 5.92 Å². The molecule has 3 aromatic rings. The Morgan fingerprint density at radius 1 is 1.12 bits per heavy atom. The number of fused-ring (bicyclic) bond motifs is 1. The molecule has 2 fully saturated rings. The Kier molecular flexibility index (Phi) is 6.11. The molecule has 32 heavy (non-hydrogen) atoms. The predicted molar refractivity (Wildman–Crippen MR) is 130 cm³/mol. The number of rotatable bonds is 6. The van der Waals surface area contributed by atoms with Crippen LogP contribution in [0.3, 0.4) is 0 Å². The van der Waals surface area contributed by atoms with E-state index in [4.69, 9.17) is 5.73 Å². The van der Waals surface area contributed by atoms with Crippen molar-refractivity contribution < 1.29 is 4.79 Å². The van der Waals surface area contributed by atoms with Crippen molar-refractivity contribution in [3.8, 4) is 0 Å². The third-order valence-corrected chi connectivity index (χ3v) is 8.23. The summed E-state index contributed by atoms with van der Waals surface area (Å²) in [6.07, 6.45) is 9.56. The fraction of sp³-hybridized carbons (Fsp3) is 0.480. The van der Waals surface area contributed by atoms with Gasteiger partial charge in [-0.05, 0) is 61.6 Å². The molecule has 4 heterocycles. The van der Waals surface area contributed by atoms with E-state index in [-0.39, 0.29) is 5.91 Å². The second-order valence-electron chi connectivity index (χ2n) is 9.30. The average molecular weight is 450 g/mol. The van der Waals surface area contributed by atoms with Gasteiger partial charge in [-0.15, -0.1) is 11.3 Å². The molecular formula is C25H31N5OS. The van der Waals surface area contributed by atoms with Crippen LogP contribution in [0.1, 0.15) is 53.4 Å². The number of nitrogens with two attached hydrogens (primary N) is 1. The molecule has 0 radical (unpaired) electrons. The van der Waals surface area contributed by atoms with Gasteiger partial charge in [-0.1, -0.05) is 25.1 Å². The first-order valence-electron chi connectivity index (χ1n) is 11.7. The largest absolute Gasteiger partial charge is 0.365 e. The summed E-state index contributed by atoms with van der Waals surface area (Å²) in [5.74, 6) is 1.34. The van der Waals surface area contributed by atoms with Gasteiger partial charge in [0.05, 0.1) is 4.88 Å². The first-order valence-corrected chi connectivity index (χ1v) is 12.5. The maximum atomic E-state index is 12.1. The molecule has 2 saturated heterocycles. The van der Waals surface area contributed by atoms with Crippen LogP contribution >= 0.6 is 11.3 Å². The van der Waals surface area contributed by atoms with Crippen LogP contribution in [0.15, 0.2) is 36.7 Å². The fourth-order valence-corrected chi connectivity index (χ4v) is 6.19. The van der Waals surface area contributed by atoms with Gasteiger partial charge >= 0.3 is 0 Å². The van der Waals surface area contributed by atoms with E-state index in [0.29, 0.717) is 10.9 Å². The number of hydrogen-bond acceptors (Lipinski definition) is 6. The monoisotopic (exact) mass is 449 g/mol. The van der Waals surface area contributed by atoms with Crippen LogP contribution in [0.5, 0.6) is 0 Å². The van der Waals surface area contributed by atoms with Gasteiger partial charge in [-0.2, -0.15) is 0 Å². The van der Waals surface area contributed by atoms with E-state index in [1.54, 1.807) is 0 Å². The van der Waals surface area contributed by atoms with E-state index < -0.39 is 0 Å². The van der Waals surface area contributed by atoms with Gasteiger partial charge in [-0.25, -0.2) is 9.97 Å². The lowest BCUT2D eigenvalue weighted by atomic mass is 10.00. The van der Waals surface area contributed by atoms with Gasteiger partial charge in [0.25, 0.3) is 5.91 Å². The summed E-state index contributed by atoms with van der Waals surface area (Å²) in [5, 5.41) is 1.17. The Morgan fingerprint density at radius 2 is 1.88 bits per heavy atom. The highest BCUT2D eigenvalue weighted by atomic mass is 32.1. The minimum Gasteiger partial charge on any atom is -0.365 e. The number of amides is 1. The van der Waals surface area contributed by atoms with Crippen molar-refractivity contribution in [1.29, 1.82) is 0 Å². The maximum absolute atomic E-state index is 12.1. The van der Waals surface area contributed by atoms with E-state index in [1.807, 2.05) is 24.5 Å². The maximum Gasteiger partial charge on any atom is 0.259 e. The van der Waals surface area contributed by atoms with Crippen molar-refractivity contribution in [1.82, 2.24) is 14.9 Å². The van der Waals surface area contributed by atoms with E-state index in [2.05, 4.69) is 38.8 Å². The van der Waals surface area contributed by atoms with Crippen molar-refractivity contribution in [2.45, 2.75) is 51.6 Å². The standard InChI is InChI=1S/C25H31N5OS/c1-17-8-11-29(12-9-17)25-27-14-18(15-28-25)16-30-10-4-5-19(30)13-21-20-6-2-3-7-22(20)32-23(21)24(26)31/h2-3,6-7,14-15,17,19H,4-5,8-13,16H2,1H3,(H2,26,31)/t19-/m1/s1. The lowest BCUT2D eigenvalue weighted by molar-refractivity contribution is 0.100. The minimum atomic E-state index is -0.318. The second-order valence-corrected chi connectivity index (χ2v) is 10.4. The quantitative estimate of drug-likeness (QED) is 0.609. The Balaban J connectivity index is 1.29. The number of likely N-dealkylation sites (tertiary alicyclic amines) is 1. The summed E-state index contributed by atoms with van der Waals surface area (Å²) in [6, 6.07) is 8.64. The van der Waals surface area contributed by atoms with Crippen LogP contribution in [0.25, 0.3) is 10.1 Å². The Labute approximate surface area is 193 Å². The van der Waals surface area contributed by atoms with Crippen molar-refractivity contribution in [2.75, 3.05) is 24.5 Å². The number of thiophene rings is 1. The summed E-state index contributed by atoms with van der Waals surface area (Å²) < 4.78 is 1.14. The highest BCUT2D eigenvalue weighted by Crippen LogP contribution is 2.34. The third-order valence-electron chi connectivity index (χ3n) is 7.00. The van der Waals surface area contributed by atoms with Crippen LogP contribution < -0.4 is 10.6 Å². The molecule has 2 N–H and O–H groups in total. The van der Waals surface area contributed by atoms with Crippen LogP contribution in [0.4, 0.5) is 5.95 Å². The molecule has 0 aliphatic carbocycles. The number of carbonyl (C=O) groups excluding carboxylic acids is 1. The van der Waals surface area contributed by atoms with E-state index >= 15 is 0 Å². The molecular weight excluding hydrogens is 418 g/mol. The number of aromatic nitrogens is 2. The molecule has 2 aliphatic rings. The Bertz CT molecular complexity index is 1090. The zero-order valence-electron chi connectivity index (χ0n) is 18.7. The van der Waals surface area contributed by atoms with Gasteiger partial charge in [0.2, 0.25) is 5.95 Å². The van der Waals surface area contributed by atoms with Crippen molar-refractivity contribution in [2.24, 2.45) is 11.7 Å². The van der Waals surface area contributed by atoms with Crippen molar-refractivity contribution in [3.63, 3.8) is 0 Å². The molecule has 1 amide bonds. The molecule has 6 nitrogen and oxygen atoms in total. The van der Waals surface area contributed by atoms with Crippen LogP contribution in [-0.2, 0) is 13.0 Å². The highest BCUT2D eigenvalue weighted by molar-refractivity contribution is 7.21. The number of piperidine rings is 1. The molecule has 1 atom stereocenters. The molecule has 1 aromatic carbocycles. The SMILES string of the molecule is CC1CCN(c2ncc(CN3CCC[C@@H]3Cc3c(C(N)=O)sc4ccccc34)cn2)CC1. The molecule has 5 rings (SSSR count). The second kappa shape index (κ2) is 9.16. The fourth-order valence-electron chi connectivity index (χ4n) is 5.11. The zero-order chi connectivity index (χ0) is 22.1. The van der Waals surface area contributed by atoms with Gasteiger partial charge in [-0.3, -0.25) is 9.69 Å². The molecule has 168 valence electrons. The number of nitrogens with zero attached hydrogens (tertiary/aromatic N) is 4. The first kappa shape index (κ1) is 21.3. The number of primary amides is 1. The molecule has 2 aliphatic heterocycles. The molecule has 2 aromatic heterocycles. The normalized spacial score (nSPS) is 20.3. The van der Waals surface area contributed by atoms with Crippen LogP contribution in [-0.4, -0.2) is 46.5 Å². The summed E-state index contributed by atoms with van der Waals surface area (Å²) in [5.41, 5.74) is 7.99. The Morgan fingerprint density at radius 3 is 2.62 bits per heavy atom. The minimum absolute atomic E-state index is 0.318. The summed E-state index contributed by atoms with van der Waals surface area (Å²) in [7, 11) is 0. The van der Waals surface area contributed by atoms with Gasteiger partial charge in [0.15, 0.2) is 0 Å². The Hall–Kier alpha value is -2.51. The number of hydrogen-bond donors (Lipinski definition) is 1. The number of benzene rings is 1. The van der Waals surface area contributed by atoms with Gasteiger partial charge in [0, 0.05) is 48.3 Å². The summed E-state index contributed by atoms with van der Waals surface area (Å²) in [4.78, 5) is 27.0.